The molecule has 2 atom stereocenters. The molecule has 1 aliphatic rings. The maximum absolute atomic E-state index is 11.5. The van der Waals surface area contributed by atoms with E-state index >= 15 is 0 Å². The summed E-state index contributed by atoms with van der Waals surface area (Å²) < 4.78 is 5.16. The van der Waals surface area contributed by atoms with Gasteiger partial charge in [-0.25, -0.2) is 4.79 Å². The van der Waals surface area contributed by atoms with Crippen LogP contribution < -0.4 is 5.32 Å². The van der Waals surface area contributed by atoms with Crippen molar-refractivity contribution < 1.29 is 14.6 Å². The van der Waals surface area contributed by atoms with Crippen LogP contribution in [0.1, 0.15) is 33.6 Å². The molecule has 1 rings (SSSR count). The molecule has 0 saturated heterocycles. The van der Waals surface area contributed by atoms with Crippen molar-refractivity contribution >= 4 is 6.09 Å². The second-order valence-electron chi connectivity index (χ2n) is 5.20. The van der Waals surface area contributed by atoms with Gasteiger partial charge in [-0.2, -0.15) is 0 Å². The van der Waals surface area contributed by atoms with Crippen LogP contribution in [0.25, 0.3) is 0 Å². The van der Waals surface area contributed by atoms with Gasteiger partial charge in [0, 0.05) is 6.61 Å². The van der Waals surface area contributed by atoms with E-state index in [9.17, 15) is 4.79 Å². The van der Waals surface area contributed by atoms with Crippen LogP contribution in [0.15, 0.2) is 12.2 Å². The smallest absolute Gasteiger partial charge is 0.408 e. The number of allylic oxidation sites excluding steroid dienone is 1. The summed E-state index contributed by atoms with van der Waals surface area (Å²) in [5, 5.41) is 11.8. The monoisotopic (exact) mass is 227 g/mol. The quantitative estimate of drug-likeness (QED) is 0.708. The summed E-state index contributed by atoms with van der Waals surface area (Å²) in [6.07, 6.45) is 5.19. The summed E-state index contributed by atoms with van der Waals surface area (Å²) in [5.74, 6) is 0.241. The van der Waals surface area contributed by atoms with E-state index in [1.165, 1.54) is 0 Å². The molecule has 1 amide bonds. The first-order chi connectivity index (χ1) is 7.40. The molecule has 0 radical (unpaired) electrons. The lowest BCUT2D eigenvalue weighted by atomic mass is 9.92. The number of amides is 1. The zero-order valence-corrected chi connectivity index (χ0v) is 10.2. The average Bonchev–Trinajstić information content (AvgIpc) is 2.15. The number of rotatable bonds is 2. The Morgan fingerprint density at radius 3 is 2.81 bits per heavy atom. The Kier molecular flexibility index (Phi) is 4.35. The minimum absolute atomic E-state index is 0.0271. The van der Waals surface area contributed by atoms with Gasteiger partial charge in [0.25, 0.3) is 0 Å². The summed E-state index contributed by atoms with van der Waals surface area (Å²) in [5.41, 5.74) is -0.473. The molecular formula is C12H21NO3. The Morgan fingerprint density at radius 2 is 2.25 bits per heavy atom. The van der Waals surface area contributed by atoms with Crippen LogP contribution in [-0.4, -0.2) is 29.4 Å². The topological polar surface area (TPSA) is 58.6 Å². The molecule has 0 aromatic heterocycles. The first kappa shape index (κ1) is 13.0. The third-order valence-corrected chi connectivity index (χ3v) is 2.39. The lowest BCUT2D eigenvalue weighted by molar-refractivity contribution is 0.0503. The number of aliphatic hydroxyl groups is 1. The number of ether oxygens (including phenoxy) is 1. The Labute approximate surface area is 96.7 Å². The highest BCUT2D eigenvalue weighted by atomic mass is 16.6. The lowest BCUT2D eigenvalue weighted by Gasteiger charge is -2.26. The molecule has 16 heavy (non-hydrogen) atoms. The maximum atomic E-state index is 11.5. The van der Waals surface area contributed by atoms with Crippen LogP contribution >= 0.6 is 0 Å². The van der Waals surface area contributed by atoms with Crippen molar-refractivity contribution in [1.82, 2.24) is 5.32 Å². The number of nitrogens with one attached hydrogen (secondary N) is 1. The third kappa shape index (κ3) is 4.66. The summed E-state index contributed by atoms with van der Waals surface area (Å²) in [6, 6.07) is -0.0271. The van der Waals surface area contributed by atoms with E-state index in [0.717, 1.165) is 12.8 Å². The molecule has 92 valence electrons. The molecule has 4 nitrogen and oxygen atoms in total. The molecule has 2 N–H and O–H groups in total. The van der Waals surface area contributed by atoms with Crippen LogP contribution in [0.4, 0.5) is 4.79 Å². The highest BCUT2D eigenvalue weighted by molar-refractivity contribution is 5.68. The fourth-order valence-electron chi connectivity index (χ4n) is 1.68. The number of carbonyl (C=O) groups excluding carboxylic acids is 1. The van der Waals surface area contributed by atoms with Gasteiger partial charge < -0.3 is 15.2 Å². The molecule has 0 aromatic carbocycles. The van der Waals surface area contributed by atoms with E-state index in [-0.39, 0.29) is 18.6 Å². The second kappa shape index (κ2) is 5.34. The van der Waals surface area contributed by atoms with Gasteiger partial charge in [0.15, 0.2) is 0 Å². The van der Waals surface area contributed by atoms with Crippen LogP contribution in [0.3, 0.4) is 0 Å². The molecule has 0 heterocycles. The largest absolute Gasteiger partial charge is 0.444 e. The lowest BCUT2D eigenvalue weighted by Crippen LogP contribution is -2.40. The summed E-state index contributed by atoms with van der Waals surface area (Å²) in [6.45, 7) is 5.66. The highest BCUT2D eigenvalue weighted by Crippen LogP contribution is 2.18. The molecule has 0 aliphatic heterocycles. The van der Waals surface area contributed by atoms with E-state index in [4.69, 9.17) is 9.84 Å². The molecule has 4 heteroatoms. The number of alkyl carbamates (subject to hydrolysis) is 1. The van der Waals surface area contributed by atoms with Gasteiger partial charge in [0.2, 0.25) is 0 Å². The fourth-order valence-corrected chi connectivity index (χ4v) is 1.68. The van der Waals surface area contributed by atoms with Crippen molar-refractivity contribution in [3.05, 3.63) is 12.2 Å². The zero-order chi connectivity index (χ0) is 12.2. The molecule has 0 aromatic rings. The first-order valence-electron chi connectivity index (χ1n) is 5.68. The summed E-state index contributed by atoms with van der Waals surface area (Å²) >= 11 is 0. The normalized spacial score (nSPS) is 25.2. The van der Waals surface area contributed by atoms with Crippen LogP contribution in [0.5, 0.6) is 0 Å². The van der Waals surface area contributed by atoms with Crippen molar-refractivity contribution in [3.63, 3.8) is 0 Å². The number of hydrogen-bond donors (Lipinski definition) is 2. The number of carbonyl (C=O) groups is 1. The molecular weight excluding hydrogens is 206 g/mol. The predicted molar refractivity (Wildman–Crippen MR) is 62.1 cm³/mol. The maximum Gasteiger partial charge on any atom is 0.408 e. The van der Waals surface area contributed by atoms with Gasteiger partial charge in [-0.3, -0.25) is 0 Å². The first-order valence-corrected chi connectivity index (χ1v) is 5.68. The van der Waals surface area contributed by atoms with Crippen molar-refractivity contribution in [2.24, 2.45) is 5.92 Å². The average molecular weight is 227 g/mol. The van der Waals surface area contributed by atoms with Gasteiger partial charge in [0.1, 0.15) is 5.60 Å². The van der Waals surface area contributed by atoms with Gasteiger partial charge in [-0.15, -0.1) is 0 Å². The van der Waals surface area contributed by atoms with E-state index in [1.54, 1.807) is 0 Å². The fraction of sp³-hybridized carbons (Fsp3) is 0.750. The second-order valence-corrected chi connectivity index (χ2v) is 5.20. The van der Waals surface area contributed by atoms with E-state index in [1.807, 2.05) is 32.9 Å². The van der Waals surface area contributed by atoms with Crippen molar-refractivity contribution in [3.8, 4) is 0 Å². The molecule has 1 aliphatic carbocycles. The molecule has 0 saturated carbocycles. The van der Waals surface area contributed by atoms with Crippen LogP contribution in [-0.2, 0) is 4.74 Å². The van der Waals surface area contributed by atoms with Gasteiger partial charge >= 0.3 is 6.09 Å². The SMILES string of the molecule is CC(C)(C)OC(=O)N[C@@H]1C=CC[C@H](CO)C1. The molecule has 0 unspecified atom stereocenters. The van der Waals surface area contributed by atoms with Gasteiger partial charge in [-0.1, -0.05) is 12.2 Å². The van der Waals surface area contributed by atoms with Crippen molar-refractivity contribution in [1.29, 1.82) is 0 Å². The minimum Gasteiger partial charge on any atom is -0.444 e. The Balaban J connectivity index is 2.40. The van der Waals surface area contributed by atoms with E-state index in [2.05, 4.69) is 5.32 Å². The standard InChI is InChI=1S/C12H21NO3/c1-12(2,3)16-11(15)13-10-6-4-5-9(7-10)8-14/h4,6,9-10,14H,5,7-8H2,1-3H3,(H,13,15)/t9-,10+/m0/s1. The van der Waals surface area contributed by atoms with E-state index in [0.29, 0.717) is 0 Å². The summed E-state index contributed by atoms with van der Waals surface area (Å²) in [4.78, 5) is 11.5. The Hall–Kier alpha value is -1.03. The number of hydrogen-bond acceptors (Lipinski definition) is 3. The van der Waals surface area contributed by atoms with Gasteiger partial charge in [0.05, 0.1) is 6.04 Å². The van der Waals surface area contributed by atoms with Gasteiger partial charge in [-0.05, 0) is 39.5 Å². The minimum atomic E-state index is -0.473. The van der Waals surface area contributed by atoms with Crippen molar-refractivity contribution in [2.75, 3.05) is 6.61 Å². The van der Waals surface area contributed by atoms with E-state index < -0.39 is 11.7 Å². The third-order valence-electron chi connectivity index (χ3n) is 2.39. The van der Waals surface area contributed by atoms with Crippen LogP contribution in [0.2, 0.25) is 0 Å². The van der Waals surface area contributed by atoms with Crippen molar-refractivity contribution in [2.45, 2.75) is 45.3 Å². The molecule has 0 fully saturated rings. The number of aliphatic hydroxyl groups excluding tert-OH is 1. The Bertz CT molecular complexity index is 268. The highest BCUT2D eigenvalue weighted by Gasteiger charge is 2.22. The predicted octanol–water partition coefficient (Wildman–Crippen LogP) is 1.84. The van der Waals surface area contributed by atoms with Crippen LogP contribution in [0, 0.1) is 5.92 Å². The Morgan fingerprint density at radius 1 is 1.56 bits per heavy atom. The summed E-state index contributed by atoms with van der Waals surface area (Å²) in [7, 11) is 0. The molecule has 0 bridgehead atoms. The zero-order valence-electron chi connectivity index (χ0n) is 10.2. The molecule has 0 spiro atoms.